The van der Waals surface area contributed by atoms with Crippen molar-refractivity contribution in [2.24, 2.45) is 0 Å². The van der Waals surface area contributed by atoms with Gasteiger partial charge in [-0.05, 0) is 41.8 Å². The van der Waals surface area contributed by atoms with Gasteiger partial charge in [-0.25, -0.2) is 4.98 Å². The number of aromatic nitrogens is 5. The van der Waals surface area contributed by atoms with Crippen LogP contribution in [0.5, 0.6) is 0 Å². The van der Waals surface area contributed by atoms with Gasteiger partial charge in [0.1, 0.15) is 0 Å². The molecule has 1 fully saturated rings. The van der Waals surface area contributed by atoms with Crippen LogP contribution in [0.3, 0.4) is 0 Å². The monoisotopic (exact) mass is 254 g/mol. The lowest BCUT2D eigenvalue weighted by atomic mass is 10.1. The van der Waals surface area contributed by atoms with Crippen LogP contribution >= 0.6 is 0 Å². The van der Waals surface area contributed by atoms with E-state index in [4.69, 9.17) is 4.98 Å². The van der Waals surface area contributed by atoms with E-state index in [1.807, 2.05) is 24.3 Å². The molecule has 6 heteroatoms. The molecule has 3 aromatic rings. The predicted octanol–water partition coefficient (Wildman–Crippen LogP) is 1.66. The first-order valence-electron chi connectivity index (χ1n) is 6.65. The second-order valence-electron chi connectivity index (χ2n) is 4.89. The molecule has 0 N–H and O–H groups in total. The number of fused-ring (bicyclic) bond motifs is 3. The fraction of sp³-hybridized carbons (Fsp3) is 0.385. The van der Waals surface area contributed by atoms with Crippen molar-refractivity contribution in [3.63, 3.8) is 0 Å². The van der Waals surface area contributed by atoms with Gasteiger partial charge < -0.3 is 4.90 Å². The smallest absolute Gasteiger partial charge is 0.222 e. The number of piperidine rings is 1. The Morgan fingerprint density at radius 2 is 1.84 bits per heavy atom. The Balaban J connectivity index is 1.99. The van der Waals surface area contributed by atoms with Gasteiger partial charge >= 0.3 is 0 Å². The Kier molecular flexibility index (Phi) is 2.33. The Morgan fingerprint density at radius 1 is 1.00 bits per heavy atom. The van der Waals surface area contributed by atoms with Crippen molar-refractivity contribution < 1.29 is 0 Å². The maximum absolute atomic E-state index is 4.76. The molecule has 6 nitrogen and oxygen atoms in total. The van der Waals surface area contributed by atoms with Crippen molar-refractivity contribution in [3.05, 3.63) is 24.3 Å². The average Bonchev–Trinajstić information content (AvgIpc) is 2.97. The van der Waals surface area contributed by atoms with Crippen LogP contribution in [0.4, 0.5) is 5.82 Å². The Morgan fingerprint density at radius 3 is 2.74 bits per heavy atom. The molecule has 19 heavy (non-hydrogen) atoms. The molecule has 1 saturated heterocycles. The highest BCUT2D eigenvalue weighted by atomic mass is 15.5. The Labute approximate surface area is 110 Å². The van der Waals surface area contributed by atoms with Crippen LogP contribution in [0.1, 0.15) is 19.3 Å². The highest BCUT2D eigenvalue weighted by Gasteiger charge is 2.18. The predicted molar refractivity (Wildman–Crippen MR) is 72.1 cm³/mol. The maximum Gasteiger partial charge on any atom is 0.222 e. The molecule has 3 heterocycles. The lowest BCUT2D eigenvalue weighted by Gasteiger charge is -2.27. The van der Waals surface area contributed by atoms with Crippen molar-refractivity contribution in [3.8, 4) is 0 Å². The van der Waals surface area contributed by atoms with Gasteiger partial charge in [-0.2, -0.15) is 4.52 Å². The summed E-state index contributed by atoms with van der Waals surface area (Å²) in [4.78, 5) is 7.06. The second-order valence-corrected chi connectivity index (χ2v) is 4.89. The molecular weight excluding hydrogens is 240 g/mol. The van der Waals surface area contributed by atoms with E-state index in [1.165, 1.54) is 19.3 Å². The highest BCUT2D eigenvalue weighted by Crippen LogP contribution is 2.24. The molecule has 1 aliphatic rings. The minimum Gasteiger partial charge on any atom is -0.353 e. The largest absolute Gasteiger partial charge is 0.353 e. The zero-order valence-electron chi connectivity index (χ0n) is 10.5. The first-order chi connectivity index (χ1) is 9.43. The first kappa shape index (κ1) is 10.7. The highest BCUT2D eigenvalue weighted by molar-refractivity contribution is 5.82. The summed E-state index contributed by atoms with van der Waals surface area (Å²) in [6, 6.07) is 7.97. The normalized spacial score (nSPS) is 16.3. The zero-order chi connectivity index (χ0) is 12.7. The van der Waals surface area contributed by atoms with E-state index in [0.29, 0.717) is 0 Å². The van der Waals surface area contributed by atoms with Gasteiger partial charge in [0, 0.05) is 13.1 Å². The first-order valence-corrected chi connectivity index (χ1v) is 6.65. The number of anilines is 1. The molecule has 1 aliphatic heterocycles. The summed E-state index contributed by atoms with van der Waals surface area (Å²) < 4.78 is 1.78. The van der Waals surface area contributed by atoms with Crippen LogP contribution < -0.4 is 4.90 Å². The van der Waals surface area contributed by atoms with E-state index in [9.17, 15) is 0 Å². The van der Waals surface area contributed by atoms with E-state index >= 15 is 0 Å². The number of hydrogen-bond donors (Lipinski definition) is 0. The summed E-state index contributed by atoms with van der Waals surface area (Å²) in [7, 11) is 0. The third-order valence-corrected chi connectivity index (χ3v) is 3.66. The van der Waals surface area contributed by atoms with Crippen molar-refractivity contribution in [2.75, 3.05) is 18.0 Å². The lowest BCUT2D eigenvalue weighted by Crippen LogP contribution is -2.30. The van der Waals surface area contributed by atoms with E-state index in [2.05, 4.69) is 20.4 Å². The van der Waals surface area contributed by atoms with Crippen molar-refractivity contribution in [1.29, 1.82) is 0 Å². The average molecular weight is 254 g/mol. The summed E-state index contributed by atoms with van der Waals surface area (Å²) >= 11 is 0. The quantitative estimate of drug-likeness (QED) is 0.661. The summed E-state index contributed by atoms with van der Waals surface area (Å²) in [6.45, 7) is 2.07. The molecule has 4 rings (SSSR count). The minimum absolute atomic E-state index is 0.751. The van der Waals surface area contributed by atoms with Crippen LogP contribution in [-0.4, -0.2) is 38.1 Å². The molecule has 0 atom stereocenters. The standard InChI is InChI=1S/C13H14N6/c1-4-8-18(9-5-1)12-13-15-16-17-19(13)11-7-3-2-6-10(11)14-12/h2-3,6-7H,1,4-5,8-9H2. The summed E-state index contributed by atoms with van der Waals surface area (Å²) in [5.41, 5.74) is 2.63. The fourth-order valence-electron chi connectivity index (χ4n) is 2.71. The molecule has 0 aliphatic carbocycles. The van der Waals surface area contributed by atoms with Crippen molar-refractivity contribution in [1.82, 2.24) is 25.0 Å². The van der Waals surface area contributed by atoms with Crippen LogP contribution in [-0.2, 0) is 0 Å². The summed E-state index contributed by atoms with van der Waals surface area (Å²) in [5, 5.41) is 12.0. The Bertz CT molecular complexity index is 728. The minimum atomic E-state index is 0.751. The molecular formula is C13H14N6. The van der Waals surface area contributed by atoms with Crippen LogP contribution in [0, 0.1) is 0 Å². The molecule has 1 aromatic carbocycles. The van der Waals surface area contributed by atoms with E-state index in [0.717, 1.165) is 35.6 Å². The van der Waals surface area contributed by atoms with Crippen LogP contribution in [0.25, 0.3) is 16.7 Å². The van der Waals surface area contributed by atoms with Gasteiger partial charge in [0.25, 0.3) is 0 Å². The molecule has 0 radical (unpaired) electrons. The Hall–Kier alpha value is -2.24. The third kappa shape index (κ3) is 1.63. The van der Waals surface area contributed by atoms with Gasteiger partial charge in [0.2, 0.25) is 5.65 Å². The third-order valence-electron chi connectivity index (χ3n) is 3.66. The van der Waals surface area contributed by atoms with Gasteiger partial charge in [-0.15, -0.1) is 5.10 Å². The number of benzene rings is 1. The molecule has 96 valence electrons. The van der Waals surface area contributed by atoms with Gasteiger partial charge in [-0.1, -0.05) is 12.1 Å². The lowest BCUT2D eigenvalue weighted by molar-refractivity contribution is 0.574. The van der Waals surface area contributed by atoms with E-state index < -0.39 is 0 Å². The molecule has 0 saturated carbocycles. The number of hydrogen-bond acceptors (Lipinski definition) is 5. The fourth-order valence-corrected chi connectivity index (χ4v) is 2.71. The second kappa shape index (κ2) is 4.15. The SMILES string of the molecule is c1ccc2c(c1)nc(N1CCCCC1)c1nnnn12. The van der Waals surface area contributed by atoms with Crippen molar-refractivity contribution in [2.45, 2.75) is 19.3 Å². The molecule has 0 unspecified atom stereocenters. The van der Waals surface area contributed by atoms with Gasteiger partial charge in [0.05, 0.1) is 11.0 Å². The van der Waals surface area contributed by atoms with Crippen LogP contribution in [0.2, 0.25) is 0 Å². The van der Waals surface area contributed by atoms with E-state index in [1.54, 1.807) is 4.52 Å². The maximum atomic E-state index is 4.76. The van der Waals surface area contributed by atoms with E-state index in [-0.39, 0.29) is 0 Å². The molecule has 0 amide bonds. The van der Waals surface area contributed by atoms with Gasteiger partial charge in [-0.3, -0.25) is 0 Å². The number of para-hydroxylation sites is 2. The summed E-state index contributed by atoms with van der Waals surface area (Å²) in [5.74, 6) is 0.906. The van der Waals surface area contributed by atoms with Gasteiger partial charge in [0.15, 0.2) is 5.82 Å². The number of tetrazole rings is 1. The number of rotatable bonds is 1. The topological polar surface area (TPSA) is 59.2 Å². The van der Waals surface area contributed by atoms with Crippen LogP contribution in [0.15, 0.2) is 24.3 Å². The van der Waals surface area contributed by atoms with Crippen molar-refractivity contribution >= 4 is 22.5 Å². The number of nitrogens with zero attached hydrogens (tertiary/aromatic N) is 6. The molecule has 0 spiro atoms. The molecule has 2 aromatic heterocycles. The molecule has 0 bridgehead atoms. The summed E-state index contributed by atoms with van der Waals surface area (Å²) in [6.07, 6.45) is 3.72. The zero-order valence-corrected chi connectivity index (χ0v) is 10.5.